The van der Waals surface area contributed by atoms with E-state index in [4.69, 9.17) is 14.2 Å². The Labute approximate surface area is 236 Å². The van der Waals surface area contributed by atoms with Crippen molar-refractivity contribution in [1.29, 1.82) is 0 Å². The zero-order chi connectivity index (χ0) is 29.7. The number of sulfone groups is 1. The van der Waals surface area contributed by atoms with Crippen LogP contribution in [0.4, 0.5) is 0 Å². The molecule has 2 N–H and O–H groups in total. The van der Waals surface area contributed by atoms with Crippen molar-refractivity contribution in [3.63, 3.8) is 0 Å². The molecule has 6 atom stereocenters. The summed E-state index contributed by atoms with van der Waals surface area (Å²) in [5, 5.41) is 20.5. The topological polar surface area (TPSA) is 136 Å². The molecule has 2 aliphatic rings. The van der Waals surface area contributed by atoms with E-state index in [0.717, 1.165) is 12.8 Å². The Morgan fingerprint density at radius 2 is 1.88 bits per heavy atom. The van der Waals surface area contributed by atoms with E-state index >= 15 is 0 Å². The monoisotopic (exact) mass is 576 g/mol. The number of unbranched alkanes of at least 4 members (excludes halogenated alkanes) is 1. The van der Waals surface area contributed by atoms with Gasteiger partial charge in [0.05, 0.1) is 22.9 Å². The number of aliphatic hydroxyl groups excluding tert-OH is 2. The van der Waals surface area contributed by atoms with Gasteiger partial charge in [-0.15, -0.1) is 0 Å². The number of methoxy groups -OCH3 is 1. The Hall–Kier alpha value is -2.63. The lowest BCUT2D eigenvalue weighted by Crippen LogP contribution is -2.66. The van der Waals surface area contributed by atoms with Gasteiger partial charge in [0.2, 0.25) is 0 Å². The van der Waals surface area contributed by atoms with Gasteiger partial charge >= 0.3 is 5.97 Å². The fraction of sp³-hybridized carbons (Fsp3) is 0.533. The summed E-state index contributed by atoms with van der Waals surface area (Å²) in [5.74, 6) is -4.72. The van der Waals surface area contributed by atoms with Crippen molar-refractivity contribution in [3.05, 3.63) is 66.3 Å². The predicted molar refractivity (Wildman–Crippen MR) is 149 cm³/mol. The summed E-state index contributed by atoms with van der Waals surface area (Å²) >= 11 is 0. The van der Waals surface area contributed by atoms with Gasteiger partial charge in [-0.3, -0.25) is 4.79 Å². The third-order valence-electron chi connectivity index (χ3n) is 7.41. The van der Waals surface area contributed by atoms with Crippen molar-refractivity contribution in [2.75, 3.05) is 12.9 Å². The molecular formula is C30H40O9S. The van der Waals surface area contributed by atoms with Crippen molar-refractivity contribution in [2.24, 2.45) is 11.3 Å². The van der Waals surface area contributed by atoms with E-state index in [-0.39, 0.29) is 16.9 Å². The van der Waals surface area contributed by atoms with Gasteiger partial charge in [-0.2, -0.15) is 0 Å². The molecule has 0 saturated carbocycles. The van der Waals surface area contributed by atoms with Gasteiger partial charge in [0.25, 0.3) is 0 Å². The summed E-state index contributed by atoms with van der Waals surface area (Å²) in [6.45, 7) is 6.70. The van der Waals surface area contributed by atoms with Crippen molar-refractivity contribution >= 4 is 21.6 Å². The maximum Gasteiger partial charge on any atom is 0.331 e. The molecule has 220 valence electrons. The average Bonchev–Trinajstić information content (AvgIpc) is 3.28. The molecule has 9 nitrogen and oxygen atoms in total. The Balaban J connectivity index is 2.15. The first kappa shape index (κ1) is 31.9. The summed E-state index contributed by atoms with van der Waals surface area (Å²) in [7, 11) is -2.56. The van der Waals surface area contributed by atoms with Gasteiger partial charge in [0.15, 0.2) is 27.5 Å². The smallest absolute Gasteiger partial charge is 0.331 e. The second kappa shape index (κ2) is 12.9. The number of rotatable bonds is 13. The molecule has 0 aromatic heterocycles. The highest BCUT2D eigenvalue weighted by molar-refractivity contribution is 7.91. The SMILES string of the molecule is CCC/C=C/C=C/C(=O)[C@@H]1C2=CC(=O)O[C@@H]2[C@@H](C[C@@H](O)[C@@H](C)O)O[C@@]1(OC)C(C)(C)CS(=O)(=O)c1ccccc1. The number of allylic oxidation sites excluding steroid dienone is 4. The summed E-state index contributed by atoms with van der Waals surface area (Å²) in [6.07, 6.45) is 5.02. The second-order valence-corrected chi connectivity index (χ2v) is 12.9. The number of esters is 1. The molecule has 2 heterocycles. The Morgan fingerprint density at radius 1 is 1.20 bits per heavy atom. The Kier molecular flexibility index (Phi) is 10.3. The summed E-state index contributed by atoms with van der Waals surface area (Å²) in [5.41, 5.74) is -1.09. The van der Waals surface area contributed by atoms with Crippen LogP contribution in [0, 0.1) is 11.3 Å². The second-order valence-electron chi connectivity index (χ2n) is 10.9. The molecule has 0 amide bonds. The van der Waals surface area contributed by atoms with Crippen LogP contribution in [0.5, 0.6) is 0 Å². The summed E-state index contributed by atoms with van der Waals surface area (Å²) in [6, 6.07) is 7.94. The van der Waals surface area contributed by atoms with Gasteiger partial charge < -0.3 is 24.4 Å². The van der Waals surface area contributed by atoms with Gasteiger partial charge in [-0.1, -0.05) is 63.6 Å². The van der Waals surface area contributed by atoms with E-state index in [9.17, 15) is 28.2 Å². The quantitative estimate of drug-likeness (QED) is 0.206. The normalized spacial score (nSPS) is 26.9. The number of hydrogen-bond donors (Lipinski definition) is 2. The minimum Gasteiger partial charge on any atom is -0.452 e. The molecule has 1 fully saturated rings. The molecule has 10 heteroatoms. The van der Waals surface area contributed by atoms with Crippen LogP contribution in [0.25, 0.3) is 0 Å². The van der Waals surface area contributed by atoms with Crippen LogP contribution in [0.2, 0.25) is 0 Å². The lowest BCUT2D eigenvalue weighted by atomic mass is 9.68. The molecule has 1 aromatic carbocycles. The van der Waals surface area contributed by atoms with E-state index in [0.29, 0.717) is 0 Å². The molecule has 2 aliphatic heterocycles. The van der Waals surface area contributed by atoms with Gasteiger partial charge in [0, 0.05) is 25.0 Å². The molecule has 0 spiro atoms. The number of ketones is 1. The van der Waals surface area contributed by atoms with Crippen LogP contribution in [-0.4, -0.2) is 73.4 Å². The molecule has 0 bridgehead atoms. The van der Waals surface area contributed by atoms with Crippen LogP contribution < -0.4 is 0 Å². The van der Waals surface area contributed by atoms with E-state index in [1.807, 2.05) is 13.0 Å². The van der Waals surface area contributed by atoms with E-state index < -0.39 is 68.9 Å². The maximum absolute atomic E-state index is 13.8. The number of carbonyl (C=O) groups is 2. The number of hydrogen-bond acceptors (Lipinski definition) is 9. The maximum atomic E-state index is 13.8. The number of ether oxygens (including phenoxy) is 3. The zero-order valence-electron chi connectivity index (χ0n) is 23.6. The minimum atomic E-state index is -3.89. The Bertz CT molecular complexity index is 1250. The zero-order valence-corrected chi connectivity index (χ0v) is 24.5. The molecule has 40 heavy (non-hydrogen) atoms. The van der Waals surface area contributed by atoms with Crippen LogP contribution in [-0.2, 0) is 33.6 Å². The fourth-order valence-electron chi connectivity index (χ4n) is 5.38. The lowest BCUT2D eigenvalue weighted by molar-refractivity contribution is -0.336. The highest BCUT2D eigenvalue weighted by Gasteiger charge is 2.64. The van der Waals surface area contributed by atoms with Crippen molar-refractivity contribution in [3.8, 4) is 0 Å². The number of aliphatic hydroxyl groups is 2. The van der Waals surface area contributed by atoms with Crippen LogP contribution in [0.3, 0.4) is 0 Å². The lowest BCUT2D eigenvalue weighted by Gasteiger charge is -2.54. The van der Waals surface area contributed by atoms with Crippen molar-refractivity contribution in [2.45, 2.75) is 82.1 Å². The van der Waals surface area contributed by atoms with Crippen molar-refractivity contribution in [1.82, 2.24) is 0 Å². The average molecular weight is 577 g/mol. The molecule has 1 saturated heterocycles. The number of carbonyl (C=O) groups excluding carboxylic acids is 2. The molecule has 3 rings (SSSR count). The van der Waals surface area contributed by atoms with E-state index in [2.05, 4.69) is 0 Å². The summed E-state index contributed by atoms with van der Waals surface area (Å²) in [4.78, 5) is 26.4. The standard InChI is InChI=1S/C30H40O9S/c1-6-7-8-9-13-16-23(32)27-22-17-26(34)38-28(22)25(18-24(33)20(2)31)39-30(27,37-5)29(3,4)19-40(35,36)21-14-11-10-12-15-21/h8-17,20,24-25,27-28,31,33H,6-7,18-19H2,1-5H3/b9-8+,16-13+/t20-,24-,25-,27+,28+,30-/m1/s1. The van der Waals surface area contributed by atoms with Gasteiger partial charge in [-0.25, -0.2) is 13.2 Å². The van der Waals surface area contributed by atoms with Gasteiger partial charge in [0.1, 0.15) is 12.0 Å². The molecule has 0 unspecified atom stereocenters. The van der Waals surface area contributed by atoms with Crippen LogP contribution in [0.1, 0.15) is 47.0 Å². The minimum absolute atomic E-state index is 0.103. The van der Waals surface area contributed by atoms with Crippen LogP contribution >= 0.6 is 0 Å². The Morgan fingerprint density at radius 3 is 2.48 bits per heavy atom. The van der Waals surface area contributed by atoms with Crippen molar-refractivity contribution < 1.29 is 42.4 Å². The van der Waals surface area contributed by atoms with Gasteiger partial charge in [-0.05, 0) is 37.1 Å². The third-order valence-corrected chi connectivity index (χ3v) is 9.50. The number of fused-ring (bicyclic) bond motifs is 1. The third kappa shape index (κ3) is 6.63. The predicted octanol–water partition coefficient (Wildman–Crippen LogP) is 3.31. The molecule has 1 aromatic rings. The highest BCUT2D eigenvalue weighted by atomic mass is 32.2. The first-order valence-electron chi connectivity index (χ1n) is 13.5. The molecular weight excluding hydrogens is 536 g/mol. The molecule has 0 aliphatic carbocycles. The molecule has 0 radical (unpaired) electrons. The largest absolute Gasteiger partial charge is 0.452 e. The fourth-order valence-corrected chi connectivity index (χ4v) is 7.27. The highest BCUT2D eigenvalue weighted by Crippen LogP contribution is 2.53. The van der Waals surface area contributed by atoms with Crippen LogP contribution in [0.15, 0.2) is 71.2 Å². The van der Waals surface area contributed by atoms with E-state index in [1.165, 1.54) is 38.3 Å². The first-order valence-corrected chi connectivity index (χ1v) is 15.1. The summed E-state index contributed by atoms with van der Waals surface area (Å²) < 4.78 is 45.1. The number of benzene rings is 1. The first-order chi connectivity index (χ1) is 18.8. The van der Waals surface area contributed by atoms with E-state index in [1.54, 1.807) is 44.2 Å².